The zero-order valence-corrected chi connectivity index (χ0v) is 16.5. The van der Waals surface area contributed by atoms with E-state index < -0.39 is 0 Å². The van der Waals surface area contributed by atoms with Crippen molar-refractivity contribution in [1.29, 1.82) is 0 Å². The first-order valence-electron chi connectivity index (χ1n) is 8.71. The first-order chi connectivity index (χ1) is 11.5. The summed E-state index contributed by atoms with van der Waals surface area (Å²) in [7, 11) is 3.99. The van der Waals surface area contributed by atoms with Gasteiger partial charge < -0.3 is 20.6 Å². The molecule has 0 amide bonds. The number of nitrogens with zero attached hydrogens (tertiary/aromatic N) is 3. The maximum Gasteiger partial charge on any atom is 0.191 e. The van der Waals surface area contributed by atoms with Crippen LogP contribution in [0.3, 0.4) is 0 Å². The zero-order chi connectivity index (χ0) is 17.9. The highest BCUT2D eigenvalue weighted by molar-refractivity contribution is 7.13. The predicted octanol–water partition coefficient (Wildman–Crippen LogP) is 2.31. The summed E-state index contributed by atoms with van der Waals surface area (Å²) in [5.41, 5.74) is 0.981. The SMILES string of the molecule is CCNC(=NCc1csc(N(C)C)n1)NCC(CCO)CC(C)C. The number of hydrogen-bond acceptors (Lipinski definition) is 5. The minimum Gasteiger partial charge on any atom is -0.396 e. The topological polar surface area (TPSA) is 72.8 Å². The van der Waals surface area contributed by atoms with E-state index in [4.69, 9.17) is 0 Å². The summed E-state index contributed by atoms with van der Waals surface area (Å²) >= 11 is 1.63. The number of aliphatic hydroxyl groups excluding tert-OH is 1. The molecule has 0 spiro atoms. The van der Waals surface area contributed by atoms with Gasteiger partial charge in [0.05, 0.1) is 12.2 Å². The first kappa shape index (κ1) is 20.7. The van der Waals surface area contributed by atoms with Crippen LogP contribution in [0.4, 0.5) is 5.13 Å². The fourth-order valence-corrected chi connectivity index (χ4v) is 3.22. The second kappa shape index (κ2) is 11.3. The van der Waals surface area contributed by atoms with Crippen molar-refractivity contribution >= 4 is 22.4 Å². The molecule has 0 bridgehead atoms. The molecule has 3 N–H and O–H groups in total. The van der Waals surface area contributed by atoms with E-state index in [1.165, 1.54) is 0 Å². The molecule has 0 aromatic carbocycles. The quantitative estimate of drug-likeness (QED) is 0.444. The van der Waals surface area contributed by atoms with Crippen LogP contribution >= 0.6 is 11.3 Å². The Morgan fingerprint density at radius 3 is 2.67 bits per heavy atom. The van der Waals surface area contributed by atoms with E-state index in [0.29, 0.717) is 18.4 Å². The second-order valence-corrected chi connectivity index (χ2v) is 7.44. The molecule has 7 heteroatoms. The Hall–Kier alpha value is -1.34. The average Bonchev–Trinajstić information content (AvgIpc) is 2.98. The van der Waals surface area contributed by atoms with Crippen LogP contribution in [-0.4, -0.2) is 49.8 Å². The van der Waals surface area contributed by atoms with Gasteiger partial charge in [-0.3, -0.25) is 0 Å². The summed E-state index contributed by atoms with van der Waals surface area (Å²) in [6.45, 7) is 8.94. The van der Waals surface area contributed by atoms with Gasteiger partial charge in [-0.1, -0.05) is 13.8 Å². The smallest absolute Gasteiger partial charge is 0.191 e. The second-order valence-electron chi connectivity index (χ2n) is 6.60. The van der Waals surface area contributed by atoms with Crippen molar-refractivity contribution in [3.05, 3.63) is 11.1 Å². The summed E-state index contributed by atoms with van der Waals surface area (Å²) in [4.78, 5) is 11.2. The number of aromatic nitrogens is 1. The van der Waals surface area contributed by atoms with E-state index in [0.717, 1.165) is 42.7 Å². The molecule has 0 aliphatic rings. The van der Waals surface area contributed by atoms with Gasteiger partial charge in [-0.25, -0.2) is 9.98 Å². The Kier molecular flexibility index (Phi) is 9.71. The molecule has 0 aliphatic carbocycles. The molecule has 0 radical (unpaired) electrons. The van der Waals surface area contributed by atoms with Gasteiger partial charge in [-0.2, -0.15) is 0 Å². The van der Waals surface area contributed by atoms with Crippen LogP contribution in [-0.2, 0) is 6.54 Å². The van der Waals surface area contributed by atoms with Crippen LogP contribution in [0.1, 0.15) is 39.3 Å². The largest absolute Gasteiger partial charge is 0.396 e. The Labute approximate surface area is 150 Å². The van der Waals surface area contributed by atoms with Crippen molar-refractivity contribution in [2.45, 2.75) is 40.2 Å². The van der Waals surface area contributed by atoms with E-state index in [-0.39, 0.29) is 6.61 Å². The molecule has 6 nitrogen and oxygen atoms in total. The van der Waals surface area contributed by atoms with Crippen LogP contribution < -0.4 is 15.5 Å². The lowest BCUT2D eigenvalue weighted by Gasteiger charge is -2.20. The highest BCUT2D eigenvalue weighted by atomic mass is 32.1. The fraction of sp³-hybridized carbons (Fsp3) is 0.765. The van der Waals surface area contributed by atoms with Gasteiger partial charge in [0.15, 0.2) is 11.1 Å². The van der Waals surface area contributed by atoms with Crippen LogP contribution in [0.2, 0.25) is 0 Å². The van der Waals surface area contributed by atoms with Crippen LogP contribution in [0.25, 0.3) is 0 Å². The molecule has 1 unspecified atom stereocenters. The third kappa shape index (κ3) is 7.97. The number of guanidine groups is 1. The third-order valence-electron chi connectivity index (χ3n) is 3.57. The number of hydrogen-bond donors (Lipinski definition) is 3. The van der Waals surface area contributed by atoms with Crippen LogP contribution in [0.15, 0.2) is 10.4 Å². The highest BCUT2D eigenvalue weighted by Crippen LogP contribution is 2.18. The summed E-state index contributed by atoms with van der Waals surface area (Å²) < 4.78 is 0. The van der Waals surface area contributed by atoms with Crippen molar-refractivity contribution < 1.29 is 5.11 Å². The molecule has 24 heavy (non-hydrogen) atoms. The molecule has 1 aromatic heterocycles. The maximum atomic E-state index is 9.23. The van der Waals surface area contributed by atoms with Gasteiger partial charge in [0, 0.05) is 39.2 Å². The molecule has 0 aliphatic heterocycles. The van der Waals surface area contributed by atoms with Crippen molar-refractivity contribution in [3.8, 4) is 0 Å². The molecule has 1 aromatic rings. The lowest BCUT2D eigenvalue weighted by Crippen LogP contribution is -2.40. The summed E-state index contributed by atoms with van der Waals surface area (Å²) in [6, 6.07) is 0. The molecular formula is C17H33N5OS. The van der Waals surface area contributed by atoms with E-state index in [1.807, 2.05) is 19.0 Å². The number of nitrogens with one attached hydrogen (secondary N) is 2. The number of anilines is 1. The Morgan fingerprint density at radius 1 is 1.38 bits per heavy atom. The molecule has 138 valence electrons. The van der Waals surface area contributed by atoms with Crippen molar-refractivity contribution in [2.24, 2.45) is 16.8 Å². The number of thiazole rings is 1. The monoisotopic (exact) mass is 355 g/mol. The van der Waals surface area contributed by atoms with Crippen molar-refractivity contribution in [3.63, 3.8) is 0 Å². The molecule has 1 atom stereocenters. The van der Waals surface area contributed by atoms with Gasteiger partial charge >= 0.3 is 0 Å². The van der Waals surface area contributed by atoms with E-state index in [9.17, 15) is 5.11 Å². The molecule has 0 saturated carbocycles. The van der Waals surface area contributed by atoms with E-state index >= 15 is 0 Å². The third-order valence-corrected chi connectivity index (χ3v) is 4.62. The Morgan fingerprint density at radius 2 is 2.12 bits per heavy atom. The molecule has 0 saturated heterocycles. The lowest BCUT2D eigenvalue weighted by atomic mass is 9.94. The summed E-state index contributed by atoms with van der Waals surface area (Å²) in [5, 5.41) is 19.0. The molecule has 1 heterocycles. The van der Waals surface area contributed by atoms with Gasteiger partial charge in [0.2, 0.25) is 0 Å². The number of aliphatic hydroxyl groups is 1. The average molecular weight is 356 g/mol. The molecule has 1 rings (SSSR count). The number of aliphatic imine (C=N–C) groups is 1. The summed E-state index contributed by atoms with van der Waals surface area (Å²) in [5.74, 6) is 1.89. The van der Waals surface area contributed by atoms with Crippen LogP contribution in [0, 0.1) is 11.8 Å². The van der Waals surface area contributed by atoms with Crippen molar-refractivity contribution in [1.82, 2.24) is 15.6 Å². The van der Waals surface area contributed by atoms with E-state index in [2.05, 4.69) is 46.8 Å². The fourth-order valence-electron chi connectivity index (χ4n) is 2.47. The first-order valence-corrected chi connectivity index (χ1v) is 9.58. The standard InChI is InChI=1S/C17H33N5OS/c1-6-18-16(19-10-14(7-8-23)9-13(2)3)20-11-15-12-24-17(21-15)22(4)5/h12-14,23H,6-11H2,1-5H3,(H2,18,19,20). The molecule has 0 fully saturated rings. The Balaban J connectivity index is 2.60. The zero-order valence-electron chi connectivity index (χ0n) is 15.7. The van der Waals surface area contributed by atoms with E-state index in [1.54, 1.807) is 11.3 Å². The van der Waals surface area contributed by atoms with Crippen molar-refractivity contribution in [2.75, 3.05) is 38.7 Å². The highest BCUT2D eigenvalue weighted by Gasteiger charge is 2.11. The normalized spacial score (nSPS) is 13.2. The van der Waals surface area contributed by atoms with Gasteiger partial charge in [0.25, 0.3) is 0 Å². The Bertz CT molecular complexity index is 487. The van der Waals surface area contributed by atoms with Crippen LogP contribution in [0.5, 0.6) is 0 Å². The lowest BCUT2D eigenvalue weighted by molar-refractivity contribution is 0.243. The van der Waals surface area contributed by atoms with Gasteiger partial charge in [-0.05, 0) is 31.6 Å². The minimum absolute atomic E-state index is 0.235. The molecular weight excluding hydrogens is 322 g/mol. The maximum absolute atomic E-state index is 9.23. The van der Waals surface area contributed by atoms with Gasteiger partial charge in [0.1, 0.15) is 0 Å². The number of rotatable bonds is 10. The van der Waals surface area contributed by atoms with Gasteiger partial charge in [-0.15, -0.1) is 11.3 Å². The summed E-state index contributed by atoms with van der Waals surface area (Å²) in [6.07, 6.45) is 1.92. The predicted molar refractivity (Wildman–Crippen MR) is 104 cm³/mol. The minimum atomic E-state index is 0.235.